The van der Waals surface area contributed by atoms with Gasteiger partial charge >= 0.3 is 0 Å². The van der Waals surface area contributed by atoms with Crippen LogP contribution in [0.4, 0.5) is 0 Å². The van der Waals surface area contributed by atoms with Crippen molar-refractivity contribution in [2.75, 3.05) is 0 Å². The fourth-order valence-electron chi connectivity index (χ4n) is 2.03. The molecule has 0 aliphatic rings. The van der Waals surface area contributed by atoms with Crippen molar-refractivity contribution in [1.29, 1.82) is 0 Å². The van der Waals surface area contributed by atoms with Crippen LogP contribution in [-0.2, 0) is 17.8 Å². The number of H-pyrrole nitrogens is 1. The van der Waals surface area contributed by atoms with Gasteiger partial charge in [0.25, 0.3) is 0 Å². The van der Waals surface area contributed by atoms with E-state index in [1.54, 1.807) is 17.5 Å². The van der Waals surface area contributed by atoms with Gasteiger partial charge in [0.05, 0.1) is 13.0 Å². The molecule has 0 bridgehead atoms. The molecule has 0 fully saturated rings. The number of benzene rings is 1. The molecule has 0 spiro atoms. The average Bonchev–Trinajstić information content (AvgIpc) is 3.07. The monoisotopic (exact) mass is 271 g/mol. The zero-order chi connectivity index (χ0) is 13.1. The Morgan fingerprint density at radius 2 is 2.26 bits per heavy atom. The molecule has 5 heteroatoms. The van der Waals surface area contributed by atoms with Gasteiger partial charge in [-0.2, -0.15) is 0 Å². The van der Waals surface area contributed by atoms with E-state index in [4.69, 9.17) is 0 Å². The standard InChI is InChI=1S/C14H13N3OS/c18-13(17-9-14-15-5-6-19-14)7-10-8-16-12-4-2-1-3-11(10)12/h1-6,8,16H,7,9H2,(H,17,18). The third-order valence-electron chi connectivity index (χ3n) is 2.95. The first-order chi connectivity index (χ1) is 9.33. The fraction of sp³-hybridized carbons (Fsp3) is 0.143. The van der Waals surface area contributed by atoms with Gasteiger partial charge in [-0.25, -0.2) is 4.98 Å². The highest BCUT2D eigenvalue weighted by Gasteiger charge is 2.08. The van der Waals surface area contributed by atoms with E-state index in [1.165, 1.54) is 0 Å². The molecule has 96 valence electrons. The van der Waals surface area contributed by atoms with Crippen LogP contribution in [0, 0.1) is 0 Å². The van der Waals surface area contributed by atoms with E-state index in [0.717, 1.165) is 21.5 Å². The van der Waals surface area contributed by atoms with Crippen LogP contribution < -0.4 is 5.32 Å². The van der Waals surface area contributed by atoms with Crippen LogP contribution in [0.15, 0.2) is 42.0 Å². The molecule has 4 nitrogen and oxygen atoms in total. The highest BCUT2D eigenvalue weighted by atomic mass is 32.1. The number of carbonyl (C=O) groups is 1. The molecule has 3 rings (SSSR count). The van der Waals surface area contributed by atoms with Gasteiger partial charge in [0.1, 0.15) is 5.01 Å². The summed E-state index contributed by atoms with van der Waals surface area (Å²) in [4.78, 5) is 19.2. The molecule has 3 aromatic rings. The topological polar surface area (TPSA) is 57.8 Å². The lowest BCUT2D eigenvalue weighted by Crippen LogP contribution is -2.24. The molecule has 1 aromatic carbocycles. The first kappa shape index (κ1) is 11.9. The van der Waals surface area contributed by atoms with E-state index < -0.39 is 0 Å². The molecule has 0 atom stereocenters. The second kappa shape index (κ2) is 5.24. The second-order valence-corrected chi connectivity index (χ2v) is 5.22. The molecule has 0 aliphatic carbocycles. The van der Waals surface area contributed by atoms with Gasteiger partial charge in [0, 0.05) is 28.7 Å². The van der Waals surface area contributed by atoms with Crippen molar-refractivity contribution in [2.45, 2.75) is 13.0 Å². The van der Waals surface area contributed by atoms with E-state index in [0.29, 0.717) is 13.0 Å². The lowest BCUT2D eigenvalue weighted by atomic mass is 10.1. The van der Waals surface area contributed by atoms with Crippen LogP contribution in [0.5, 0.6) is 0 Å². The van der Waals surface area contributed by atoms with Crippen LogP contribution >= 0.6 is 11.3 Å². The summed E-state index contributed by atoms with van der Waals surface area (Å²) in [6, 6.07) is 7.99. The van der Waals surface area contributed by atoms with Crippen molar-refractivity contribution in [2.24, 2.45) is 0 Å². The van der Waals surface area contributed by atoms with Crippen molar-refractivity contribution in [1.82, 2.24) is 15.3 Å². The van der Waals surface area contributed by atoms with Crippen LogP contribution in [0.1, 0.15) is 10.6 Å². The quantitative estimate of drug-likeness (QED) is 0.766. The maximum absolute atomic E-state index is 11.9. The summed E-state index contributed by atoms with van der Waals surface area (Å²) >= 11 is 1.54. The predicted molar refractivity (Wildman–Crippen MR) is 76.0 cm³/mol. The Hall–Kier alpha value is -2.14. The maximum atomic E-state index is 11.9. The summed E-state index contributed by atoms with van der Waals surface area (Å²) in [5, 5.41) is 6.81. The maximum Gasteiger partial charge on any atom is 0.224 e. The second-order valence-electron chi connectivity index (χ2n) is 4.24. The highest BCUT2D eigenvalue weighted by Crippen LogP contribution is 2.18. The van der Waals surface area contributed by atoms with Crippen LogP contribution in [0.3, 0.4) is 0 Å². The van der Waals surface area contributed by atoms with Gasteiger partial charge in [-0.3, -0.25) is 4.79 Å². The first-order valence-corrected chi connectivity index (χ1v) is 6.91. The van der Waals surface area contributed by atoms with E-state index >= 15 is 0 Å². The minimum atomic E-state index is 0.0138. The number of nitrogens with zero attached hydrogens (tertiary/aromatic N) is 1. The number of aromatic nitrogens is 2. The van der Waals surface area contributed by atoms with Crippen molar-refractivity contribution < 1.29 is 4.79 Å². The summed E-state index contributed by atoms with van der Waals surface area (Å²) in [7, 11) is 0. The average molecular weight is 271 g/mol. The Morgan fingerprint density at radius 3 is 3.11 bits per heavy atom. The van der Waals surface area contributed by atoms with Gasteiger partial charge in [-0.05, 0) is 11.6 Å². The number of nitrogens with one attached hydrogen (secondary N) is 2. The molecule has 0 saturated carbocycles. The molecular formula is C14H13N3OS. The molecule has 0 aliphatic heterocycles. The van der Waals surface area contributed by atoms with Crippen molar-refractivity contribution in [3.8, 4) is 0 Å². The SMILES string of the molecule is O=C(Cc1c[nH]c2ccccc12)NCc1nccs1. The molecule has 0 radical (unpaired) electrons. The van der Waals surface area contributed by atoms with E-state index in [1.807, 2.05) is 35.8 Å². The molecule has 19 heavy (non-hydrogen) atoms. The Labute approximate surface area is 114 Å². The number of carbonyl (C=O) groups excluding carboxylic acids is 1. The number of para-hydroxylation sites is 1. The van der Waals surface area contributed by atoms with Crippen LogP contribution in [0.2, 0.25) is 0 Å². The normalized spacial score (nSPS) is 10.7. The number of thiazole rings is 1. The molecule has 2 aromatic heterocycles. The van der Waals surface area contributed by atoms with Crippen molar-refractivity contribution >= 4 is 28.1 Å². The number of hydrogen-bond donors (Lipinski definition) is 2. The molecule has 0 unspecified atom stereocenters. The Balaban J connectivity index is 1.66. The lowest BCUT2D eigenvalue weighted by Gasteiger charge is -2.02. The molecular weight excluding hydrogens is 258 g/mol. The summed E-state index contributed by atoms with van der Waals surface area (Å²) in [5.74, 6) is 0.0138. The van der Waals surface area contributed by atoms with Gasteiger partial charge in [0.2, 0.25) is 5.91 Å². The number of hydrogen-bond acceptors (Lipinski definition) is 3. The van der Waals surface area contributed by atoms with Gasteiger partial charge in [0.15, 0.2) is 0 Å². The number of rotatable bonds is 4. The molecule has 1 amide bonds. The number of fused-ring (bicyclic) bond motifs is 1. The Bertz CT molecular complexity index is 688. The summed E-state index contributed by atoms with van der Waals surface area (Å²) in [5.41, 5.74) is 2.08. The van der Waals surface area contributed by atoms with E-state index in [-0.39, 0.29) is 5.91 Å². The third kappa shape index (κ3) is 2.66. The molecule has 0 saturated heterocycles. The predicted octanol–water partition coefficient (Wildman–Crippen LogP) is 2.48. The number of aromatic amines is 1. The van der Waals surface area contributed by atoms with Crippen molar-refractivity contribution in [3.05, 3.63) is 52.6 Å². The largest absolute Gasteiger partial charge is 0.361 e. The zero-order valence-corrected chi connectivity index (χ0v) is 11.0. The first-order valence-electron chi connectivity index (χ1n) is 6.03. The minimum absolute atomic E-state index is 0.0138. The Kier molecular flexibility index (Phi) is 3.29. The van der Waals surface area contributed by atoms with Gasteiger partial charge in [-0.1, -0.05) is 18.2 Å². The number of amides is 1. The molecule has 2 heterocycles. The van der Waals surface area contributed by atoms with Crippen LogP contribution in [0.25, 0.3) is 10.9 Å². The lowest BCUT2D eigenvalue weighted by molar-refractivity contribution is -0.120. The van der Waals surface area contributed by atoms with Gasteiger partial charge < -0.3 is 10.3 Å². The summed E-state index contributed by atoms with van der Waals surface area (Å²) in [6.07, 6.45) is 4.02. The molecule has 2 N–H and O–H groups in total. The van der Waals surface area contributed by atoms with E-state index in [9.17, 15) is 4.79 Å². The summed E-state index contributed by atoms with van der Waals surface area (Å²) < 4.78 is 0. The minimum Gasteiger partial charge on any atom is -0.361 e. The summed E-state index contributed by atoms with van der Waals surface area (Å²) in [6.45, 7) is 0.499. The smallest absolute Gasteiger partial charge is 0.224 e. The van der Waals surface area contributed by atoms with Gasteiger partial charge in [-0.15, -0.1) is 11.3 Å². The van der Waals surface area contributed by atoms with E-state index in [2.05, 4.69) is 15.3 Å². The fourth-order valence-corrected chi connectivity index (χ4v) is 2.58. The zero-order valence-electron chi connectivity index (χ0n) is 10.2. The third-order valence-corrected chi connectivity index (χ3v) is 3.73. The Morgan fingerprint density at radius 1 is 1.37 bits per heavy atom. The van der Waals surface area contributed by atoms with Crippen LogP contribution in [-0.4, -0.2) is 15.9 Å². The van der Waals surface area contributed by atoms with Crippen molar-refractivity contribution in [3.63, 3.8) is 0 Å². The highest BCUT2D eigenvalue weighted by molar-refractivity contribution is 7.09.